The number of carbonyl (C=O) groups is 2. The smallest absolute Gasteiger partial charge is 0.306 e. The number of nitrogens with one attached hydrogen (secondary N) is 1. The molecule has 0 saturated heterocycles. The Morgan fingerprint density at radius 1 is 0.517 bits per heavy atom. The largest absolute Gasteiger partial charge is 0.462 e. The second-order valence-corrected chi connectivity index (χ2v) is 16.3. The summed E-state index contributed by atoms with van der Waals surface area (Å²) < 4.78 is 5.89. The second kappa shape index (κ2) is 46.8. The number of esters is 1. The minimum atomic E-state index is -0.804. The molecule has 1 amide bonds. The molecule has 0 saturated carbocycles. The van der Waals surface area contributed by atoms with Crippen LogP contribution in [0.4, 0.5) is 0 Å². The van der Waals surface area contributed by atoms with E-state index in [4.69, 9.17) is 4.74 Å². The van der Waals surface area contributed by atoms with Crippen LogP contribution in [0.1, 0.15) is 207 Å². The molecule has 3 unspecified atom stereocenters. The summed E-state index contributed by atoms with van der Waals surface area (Å²) in [7, 11) is 0. The van der Waals surface area contributed by atoms with Gasteiger partial charge in [-0.3, -0.25) is 9.59 Å². The molecular formula is C54H91NO5. The predicted molar refractivity (Wildman–Crippen MR) is 259 cm³/mol. The normalized spacial score (nSPS) is 14.2. The maximum absolute atomic E-state index is 13.2. The highest BCUT2D eigenvalue weighted by Gasteiger charge is 2.24. The van der Waals surface area contributed by atoms with E-state index >= 15 is 0 Å². The number of rotatable bonds is 42. The van der Waals surface area contributed by atoms with Gasteiger partial charge in [-0.2, -0.15) is 0 Å². The van der Waals surface area contributed by atoms with E-state index in [1.807, 2.05) is 54.7 Å². The van der Waals surface area contributed by atoms with Gasteiger partial charge < -0.3 is 20.3 Å². The number of ether oxygens (including phenoxy) is 1. The molecule has 0 spiro atoms. The topological polar surface area (TPSA) is 95.9 Å². The average Bonchev–Trinajstić information content (AvgIpc) is 3.24. The molecule has 0 bridgehead atoms. The molecule has 0 aliphatic rings. The van der Waals surface area contributed by atoms with Gasteiger partial charge >= 0.3 is 5.97 Å². The Kier molecular flexibility index (Phi) is 44.3. The van der Waals surface area contributed by atoms with E-state index < -0.39 is 18.2 Å². The van der Waals surface area contributed by atoms with Crippen LogP contribution in [-0.2, 0) is 14.3 Å². The number of hydrogen-bond donors (Lipinski definition) is 3. The third-order valence-corrected chi connectivity index (χ3v) is 10.6. The standard InChI is InChI=1S/C54H91NO5/c1-4-7-10-13-16-19-22-25-26-27-28-29-32-35-38-41-44-47-54(59)60-50(45-42-39-36-33-30-23-20-17-14-11-8-5-2)48-53(58)55-51(49-56)52(57)46-43-40-37-34-31-24-21-18-15-12-9-6-3/h7-8,10-11,13,16-17,19-20,22,25-29,32,50-52,56-57H,4-6,9,12,14-15,18,21,23-24,30-31,33-49H2,1-3H3,(H,55,58)/b10-7-,11-8+,16-13+,20-17+,22-19+,26-25-,28-27+,32-29+. The van der Waals surface area contributed by atoms with E-state index in [0.29, 0.717) is 19.3 Å². The zero-order valence-electron chi connectivity index (χ0n) is 38.8. The Bertz CT molecular complexity index is 1210. The lowest BCUT2D eigenvalue weighted by atomic mass is 10.0. The lowest BCUT2D eigenvalue weighted by Crippen LogP contribution is -2.46. The van der Waals surface area contributed by atoms with Crippen molar-refractivity contribution in [2.75, 3.05) is 6.61 Å². The van der Waals surface area contributed by atoms with Crippen molar-refractivity contribution in [3.05, 3.63) is 97.2 Å². The maximum atomic E-state index is 13.2. The molecule has 0 heterocycles. The number of amides is 1. The molecule has 3 atom stereocenters. The lowest BCUT2D eigenvalue weighted by molar-refractivity contribution is -0.151. The zero-order chi connectivity index (χ0) is 43.8. The molecule has 0 rings (SSSR count). The molecule has 6 heteroatoms. The molecule has 0 aliphatic heterocycles. The van der Waals surface area contributed by atoms with Gasteiger partial charge in [-0.15, -0.1) is 0 Å². The molecular weight excluding hydrogens is 743 g/mol. The van der Waals surface area contributed by atoms with Crippen LogP contribution in [0.5, 0.6) is 0 Å². The van der Waals surface area contributed by atoms with E-state index in [9.17, 15) is 19.8 Å². The number of allylic oxidation sites excluding steroid dienone is 16. The first-order valence-electron chi connectivity index (χ1n) is 24.5. The fourth-order valence-electron chi connectivity index (χ4n) is 6.91. The van der Waals surface area contributed by atoms with Crippen LogP contribution < -0.4 is 5.32 Å². The van der Waals surface area contributed by atoms with Gasteiger partial charge in [0.25, 0.3) is 0 Å². The van der Waals surface area contributed by atoms with E-state index in [0.717, 1.165) is 103 Å². The van der Waals surface area contributed by atoms with Crippen LogP contribution in [0.15, 0.2) is 97.2 Å². The van der Waals surface area contributed by atoms with Crippen LogP contribution in [0.3, 0.4) is 0 Å². The molecule has 0 radical (unpaired) electrons. The molecule has 342 valence electrons. The van der Waals surface area contributed by atoms with Gasteiger partial charge in [0.2, 0.25) is 5.91 Å². The minimum absolute atomic E-state index is 0.0440. The number of aliphatic hydroxyl groups excluding tert-OH is 2. The fourth-order valence-corrected chi connectivity index (χ4v) is 6.91. The summed E-state index contributed by atoms with van der Waals surface area (Å²) in [6.07, 6.45) is 61.7. The van der Waals surface area contributed by atoms with Crippen LogP contribution >= 0.6 is 0 Å². The molecule has 0 aromatic carbocycles. The molecule has 6 nitrogen and oxygen atoms in total. The highest BCUT2D eigenvalue weighted by atomic mass is 16.5. The SMILES string of the molecule is CC\C=C/C=C/C=C/C=C\C=C\C=C\CCCCCC(=O)OC(CCCCCCC/C=C/C/C=C/CC)CC(=O)NC(CO)C(O)CCCCCCCCCCCCCC. The average molecular weight is 834 g/mol. The first-order valence-corrected chi connectivity index (χ1v) is 24.5. The number of hydrogen-bond acceptors (Lipinski definition) is 5. The second-order valence-electron chi connectivity index (χ2n) is 16.3. The first-order chi connectivity index (χ1) is 29.5. The summed E-state index contributed by atoms with van der Waals surface area (Å²) in [5.74, 6) is -0.548. The summed E-state index contributed by atoms with van der Waals surface area (Å²) >= 11 is 0. The molecule has 0 fully saturated rings. The summed E-state index contributed by atoms with van der Waals surface area (Å²) in [4.78, 5) is 26.1. The Labute approximate surface area is 369 Å². The zero-order valence-corrected chi connectivity index (χ0v) is 38.8. The molecule has 0 aromatic rings. The lowest BCUT2D eigenvalue weighted by Gasteiger charge is -2.24. The highest BCUT2D eigenvalue weighted by Crippen LogP contribution is 2.17. The number of aliphatic hydroxyl groups is 2. The molecule has 3 N–H and O–H groups in total. The predicted octanol–water partition coefficient (Wildman–Crippen LogP) is 14.6. The van der Waals surface area contributed by atoms with Crippen molar-refractivity contribution in [1.29, 1.82) is 0 Å². The number of unbranched alkanes of at least 4 members (excludes halogenated alkanes) is 19. The van der Waals surface area contributed by atoms with Crippen molar-refractivity contribution >= 4 is 11.9 Å². The fraction of sp³-hybridized carbons (Fsp3) is 0.667. The van der Waals surface area contributed by atoms with Crippen LogP contribution in [-0.4, -0.2) is 46.9 Å². The van der Waals surface area contributed by atoms with Crippen molar-refractivity contribution in [1.82, 2.24) is 5.32 Å². The monoisotopic (exact) mass is 834 g/mol. The van der Waals surface area contributed by atoms with Crippen molar-refractivity contribution in [3.8, 4) is 0 Å². The van der Waals surface area contributed by atoms with Crippen molar-refractivity contribution in [3.63, 3.8) is 0 Å². The van der Waals surface area contributed by atoms with E-state index in [-0.39, 0.29) is 24.9 Å². The van der Waals surface area contributed by atoms with Crippen molar-refractivity contribution in [2.24, 2.45) is 0 Å². The molecule has 0 aliphatic carbocycles. The van der Waals surface area contributed by atoms with Gasteiger partial charge in [-0.25, -0.2) is 0 Å². The van der Waals surface area contributed by atoms with Crippen molar-refractivity contribution < 1.29 is 24.5 Å². The third kappa shape index (κ3) is 41.5. The Morgan fingerprint density at radius 3 is 1.55 bits per heavy atom. The minimum Gasteiger partial charge on any atom is -0.462 e. The Morgan fingerprint density at radius 2 is 0.983 bits per heavy atom. The molecule has 0 aromatic heterocycles. The summed E-state index contributed by atoms with van der Waals surface area (Å²) in [5, 5.41) is 23.7. The third-order valence-electron chi connectivity index (χ3n) is 10.6. The van der Waals surface area contributed by atoms with Gasteiger partial charge in [0.1, 0.15) is 6.10 Å². The van der Waals surface area contributed by atoms with Crippen LogP contribution in [0.25, 0.3) is 0 Å². The summed E-state index contributed by atoms with van der Waals surface area (Å²) in [6, 6.07) is -0.720. The molecule has 60 heavy (non-hydrogen) atoms. The highest BCUT2D eigenvalue weighted by molar-refractivity contribution is 5.77. The summed E-state index contributed by atoms with van der Waals surface area (Å²) in [5.41, 5.74) is 0. The Balaban J connectivity index is 4.70. The van der Waals surface area contributed by atoms with Gasteiger partial charge in [0, 0.05) is 6.42 Å². The quantitative estimate of drug-likeness (QED) is 0.0246. The maximum Gasteiger partial charge on any atom is 0.306 e. The van der Waals surface area contributed by atoms with Crippen molar-refractivity contribution in [2.45, 2.75) is 225 Å². The van der Waals surface area contributed by atoms with Gasteiger partial charge in [-0.1, -0.05) is 221 Å². The number of carbonyl (C=O) groups excluding carboxylic acids is 2. The summed E-state index contributed by atoms with van der Waals surface area (Å²) in [6.45, 7) is 6.20. The van der Waals surface area contributed by atoms with E-state index in [1.54, 1.807) is 0 Å². The Hall–Kier alpha value is -3.22. The van der Waals surface area contributed by atoms with Gasteiger partial charge in [-0.05, 0) is 70.6 Å². The first kappa shape index (κ1) is 56.8. The van der Waals surface area contributed by atoms with E-state index in [1.165, 1.54) is 57.8 Å². The van der Waals surface area contributed by atoms with Gasteiger partial charge in [0.05, 0.1) is 25.2 Å². The van der Waals surface area contributed by atoms with E-state index in [2.05, 4.69) is 68.6 Å². The van der Waals surface area contributed by atoms with Crippen LogP contribution in [0.2, 0.25) is 0 Å². The van der Waals surface area contributed by atoms with Crippen LogP contribution in [0, 0.1) is 0 Å². The van der Waals surface area contributed by atoms with Gasteiger partial charge in [0.15, 0.2) is 0 Å².